The van der Waals surface area contributed by atoms with Gasteiger partial charge in [-0.3, -0.25) is 5.41 Å². The molecule has 1 heterocycles. The molecular weight excluding hydrogens is 337 g/mol. The van der Waals surface area contributed by atoms with Gasteiger partial charge in [0.15, 0.2) is 11.6 Å². The number of ether oxygens (including phenoxy) is 1. The molecule has 108 valence electrons. The molecule has 0 unspecified atom stereocenters. The highest BCUT2D eigenvalue weighted by atomic mass is 79.9. The molecule has 0 amide bonds. The lowest BCUT2D eigenvalue weighted by Crippen LogP contribution is -2.14. The quantitative estimate of drug-likeness (QED) is 0.657. The first-order chi connectivity index (χ1) is 10.0. The lowest BCUT2D eigenvalue weighted by molar-refractivity contribution is 0.425. The van der Waals surface area contributed by atoms with Crippen LogP contribution in [0.1, 0.15) is 23.2 Å². The summed E-state index contributed by atoms with van der Waals surface area (Å²) in [6.45, 7) is 0. The predicted octanol–water partition coefficient (Wildman–Crippen LogP) is 3.55. The molecule has 0 bridgehead atoms. The fourth-order valence-corrected chi connectivity index (χ4v) is 2.72. The van der Waals surface area contributed by atoms with Crippen LogP contribution in [0.3, 0.4) is 0 Å². The summed E-state index contributed by atoms with van der Waals surface area (Å²) in [7, 11) is 0. The van der Waals surface area contributed by atoms with Crippen LogP contribution in [0.5, 0.6) is 11.6 Å². The van der Waals surface area contributed by atoms with Gasteiger partial charge in [0.1, 0.15) is 5.84 Å². The highest BCUT2D eigenvalue weighted by Crippen LogP contribution is 2.31. The van der Waals surface area contributed by atoms with Crippen LogP contribution in [0, 0.1) is 11.2 Å². The van der Waals surface area contributed by atoms with Gasteiger partial charge >= 0.3 is 0 Å². The maximum atomic E-state index is 13.9. The molecule has 0 aliphatic heterocycles. The predicted molar refractivity (Wildman–Crippen MR) is 81.5 cm³/mol. The number of hydrogen-bond donors (Lipinski definition) is 2. The maximum absolute atomic E-state index is 13.9. The zero-order chi connectivity index (χ0) is 15.0. The molecule has 0 saturated carbocycles. The molecule has 0 atom stereocenters. The van der Waals surface area contributed by atoms with Crippen molar-refractivity contribution in [3.8, 4) is 11.6 Å². The number of aryl methyl sites for hydroxylation is 2. The standard InChI is InChI=1S/C15H13BrFN3O/c16-9-4-5-13(11(17)7-9)21-15-10(14(18)19)6-8-2-1-3-12(8)20-15/h4-7H,1-3H2,(H3,18,19). The summed E-state index contributed by atoms with van der Waals surface area (Å²) in [5.74, 6) is -0.388. The van der Waals surface area contributed by atoms with Crippen molar-refractivity contribution in [2.45, 2.75) is 19.3 Å². The van der Waals surface area contributed by atoms with Crippen LogP contribution in [0.15, 0.2) is 28.7 Å². The fraction of sp³-hybridized carbons (Fsp3) is 0.200. The third-order valence-electron chi connectivity index (χ3n) is 3.41. The minimum atomic E-state index is -0.499. The Labute approximate surface area is 129 Å². The van der Waals surface area contributed by atoms with E-state index in [-0.39, 0.29) is 17.5 Å². The molecule has 21 heavy (non-hydrogen) atoms. The van der Waals surface area contributed by atoms with Gasteiger partial charge in [-0.2, -0.15) is 0 Å². The van der Waals surface area contributed by atoms with Crippen LogP contribution >= 0.6 is 15.9 Å². The number of rotatable bonds is 3. The fourth-order valence-electron chi connectivity index (χ4n) is 2.39. The van der Waals surface area contributed by atoms with E-state index in [2.05, 4.69) is 20.9 Å². The lowest BCUT2D eigenvalue weighted by atomic mass is 10.1. The number of pyridine rings is 1. The molecule has 1 aliphatic rings. The van der Waals surface area contributed by atoms with E-state index in [4.69, 9.17) is 15.9 Å². The van der Waals surface area contributed by atoms with Crippen LogP contribution in [-0.4, -0.2) is 10.8 Å². The zero-order valence-electron chi connectivity index (χ0n) is 11.1. The summed E-state index contributed by atoms with van der Waals surface area (Å²) in [6, 6.07) is 6.33. The maximum Gasteiger partial charge on any atom is 0.230 e. The van der Waals surface area contributed by atoms with Crippen molar-refractivity contribution >= 4 is 21.8 Å². The Bertz CT molecular complexity index is 733. The van der Waals surface area contributed by atoms with Crippen LogP contribution in [0.4, 0.5) is 4.39 Å². The van der Waals surface area contributed by atoms with Gasteiger partial charge in [-0.15, -0.1) is 0 Å². The minimum Gasteiger partial charge on any atom is -0.435 e. The van der Waals surface area contributed by atoms with Gasteiger partial charge < -0.3 is 10.5 Å². The first-order valence-electron chi connectivity index (χ1n) is 6.54. The number of hydrogen-bond acceptors (Lipinski definition) is 3. The SMILES string of the molecule is N=C(N)c1cc2c(nc1Oc1ccc(Br)cc1F)CCC2. The smallest absolute Gasteiger partial charge is 0.230 e. The number of nitrogens with zero attached hydrogens (tertiary/aromatic N) is 1. The van der Waals surface area contributed by atoms with E-state index >= 15 is 0 Å². The van der Waals surface area contributed by atoms with E-state index < -0.39 is 5.82 Å². The number of nitrogens with two attached hydrogens (primary N) is 1. The number of halogens is 2. The number of fused-ring (bicyclic) bond motifs is 1. The highest BCUT2D eigenvalue weighted by molar-refractivity contribution is 9.10. The van der Waals surface area contributed by atoms with Crippen LogP contribution in [0.2, 0.25) is 0 Å². The van der Waals surface area contributed by atoms with Crippen LogP contribution < -0.4 is 10.5 Å². The lowest BCUT2D eigenvalue weighted by Gasteiger charge is -2.12. The van der Waals surface area contributed by atoms with E-state index in [1.807, 2.05) is 6.07 Å². The average molecular weight is 350 g/mol. The third kappa shape index (κ3) is 2.76. The number of nitrogen functional groups attached to an aromatic ring is 1. The molecule has 0 spiro atoms. The summed E-state index contributed by atoms with van der Waals surface area (Å²) >= 11 is 3.19. The van der Waals surface area contributed by atoms with E-state index in [1.165, 1.54) is 12.1 Å². The van der Waals surface area contributed by atoms with Gasteiger partial charge in [0.25, 0.3) is 0 Å². The zero-order valence-corrected chi connectivity index (χ0v) is 12.7. The largest absolute Gasteiger partial charge is 0.435 e. The Kier molecular flexibility index (Phi) is 3.63. The van der Waals surface area contributed by atoms with Crippen molar-refractivity contribution in [2.24, 2.45) is 5.73 Å². The Hall–Kier alpha value is -1.95. The second kappa shape index (κ2) is 5.44. The normalized spacial score (nSPS) is 13.0. The molecule has 1 aromatic heterocycles. The van der Waals surface area contributed by atoms with Gasteiger partial charge in [-0.05, 0) is 49.1 Å². The Morgan fingerprint density at radius 2 is 2.14 bits per heavy atom. The monoisotopic (exact) mass is 349 g/mol. The second-order valence-electron chi connectivity index (χ2n) is 4.89. The molecule has 0 radical (unpaired) electrons. The molecule has 4 nitrogen and oxygen atoms in total. The summed E-state index contributed by atoms with van der Waals surface area (Å²) in [4.78, 5) is 4.41. The molecular formula is C15H13BrFN3O. The first-order valence-corrected chi connectivity index (χ1v) is 7.34. The van der Waals surface area contributed by atoms with E-state index in [0.29, 0.717) is 10.0 Å². The number of aromatic nitrogens is 1. The van der Waals surface area contributed by atoms with Gasteiger partial charge in [0.05, 0.1) is 5.56 Å². The van der Waals surface area contributed by atoms with Gasteiger partial charge in [0.2, 0.25) is 5.88 Å². The van der Waals surface area contributed by atoms with Gasteiger partial charge in [-0.1, -0.05) is 15.9 Å². The molecule has 1 aromatic carbocycles. The molecule has 6 heteroatoms. The van der Waals surface area contributed by atoms with Crippen LogP contribution in [0.25, 0.3) is 0 Å². The average Bonchev–Trinajstić information content (AvgIpc) is 2.88. The van der Waals surface area contributed by atoms with Crippen molar-refractivity contribution in [3.05, 3.63) is 51.4 Å². The summed E-state index contributed by atoms with van der Waals surface area (Å²) in [5.41, 5.74) is 8.01. The first kappa shape index (κ1) is 14.0. The Balaban J connectivity index is 2.03. The summed E-state index contributed by atoms with van der Waals surface area (Å²) in [5, 5.41) is 7.65. The van der Waals surface area contributed by atoms with E-state index in [9.17, 15) is 4.39 Å². The Morgan fingerprint density at radius 3 is 2.86 bits per heavy atom. The molecule has 0 saturated heterocycles. The highest BCUT2D eigenvalue weighted by Gasteiger charge is 2.20. The van der Waals surface area contributed by atoms with E-state index in [1.54, 1.807) is 6.07 Å². The second-order valence-corrected chi connectivity index (χ2v) is 5.81. The van der Waals surface area contributed by atoms with Crippen LogP contribution in [-0.2, 0) is 12.8 Å². The molecule has 2 aromatic rings. The molecule has 3 N–H and O–H groups in total. The summed E-state index contributed by atoms with van der Waals surface area (Å²) < 4.78 is 20.1. The van der Waals surface area contributed by atoms with Crippen molar-refractivity contribution in [1.29, 1.82) is 5.41 Å². The van der Waals surface area contributed by atoms with Crippen molar-refractivity contribution < 1.29 is 9.13 Å². The van der Waals surface area contributed by atoms with Crippen molar-refractivity contribution in [3.63, 3.8) is 0 Å². The molecule has 3 rings (SSSR count). The topological polar surface area (TPSA) is 72.0 Å². The van der Waals surface area contributed by atoms with Crippen molar-refractivity contribution in [1.82, 2.24) is 4.98 Å². The van der Waals surface area contributed by atoms with Gasteiger partial charge in [-0.25, -0.2) is 9.37 Å². The number of nitrogens with one attached hydrogen (secondary N) is 1. The number of benzene rings is 1. The van der Waals surface area contributed by atoms with Crippen molar-refractivity contribution in [2.75, 3.05) is 0 Å². The Morgan fingerprint density at radius 1 is 1.33 bits per heavy atom. The minimum absolute atomic E-state index is 0.0612. The van der Waals surface area contributed by atoms with Gasteiger partial charge in [0, 0.05) is 10.2 Å². The summed E-state index contributed by atoms with van der Waals surface area (Å²) in [6.07, 6.45) is 2.82. The van der Waals surface area contributed by atoms with E-state index in [0.717, 1.165) is 30.5 Å². The molecule has 0 fully saturated rings. The molecule has 1 aliphatic carbocycles. The number of amidine groups is 1. The third-order valence-corrected chi connectivity index (χ3v) is 3.90.